The maximum atomic E-state index is 13.1. The Balaban J connectivity index is 2.20. The first-order chi connectivity index (χ1) is 17.8. The summed E-state index contributed by atoms with van der Waals surface area (Å²) in [6.07, 6.45) is -5.17. The molecular weight excluding hydrogens is 529 g/mol. The number of nitrogens with one attached hydrogen (secondary N) is 3. The van der Waals surface area contributed by atoms with Gasteiger partial charge in [0.25, 0.3) is 11.7 Å². The minimum Gasteiger partial charge on any atom is -0.497 e. The van der Waals surface area contributed by atoms with Gasteiger partial charge in [0.05, 0.1) is 19.7 Å². The average molecular weight is 557 g/mol. The summed E-state index contributed by atoms with van der Waals surface area (Å²) in [6, 6.07) is 6.89. The Labute approximate surface area is 222 Å². The van der Waals surface area contributed by atoms with Crippen LogP contribution in [0.5, 0.6) is 5.75 Å². The third kappa shape index (κ3) is 8.18. The Hall–Kier alpha value is -3.64. The van der Waals surface area contributed by atoms with Gasteiger partial charge in [0.15, 0.2) is 0 Å². The van der Waals surface area contributed by atoms with Crippen molar-refractivity contribution >= 4 is 35.1 Å². The Kier molecular flexibility index (Phi) is 10.7. The van der Waals surface area contributed by atoms with E-state index in [0.717, 1.165) is 0 Å². The molecule has 0 fully saturated rings. The molecule has 5 N–H and O–H groups in total. The van der Waals surface area contributed by atoms with Crippen LogP contribution in [0.1, 0.15) is 41.4 Å². The molecule has 206 valence electrons. The molecule has 2 aromatic rings. The lowest BCUT2D eigenvalue weighted by Gasteiger charge is -2.26. The van der Waals surface area contributed by atoms with Crippen LogP contribution in [0.3, 0.4) is 0 Å². The van der Waals surface area contributed by atoms with Gasteiger partial charge in [-0.15, -0.1) is 0 Å². The number of carbonyl (C=O) groups is 4. The predicted octanol–water partition coefficient (Wildman–Crippen LogP) is 2.67. The van der Waals surface area contributed by atoms with E-state index in [9.17, 15) is 32.3 Å². The number of methoxy groups -OCH3 is 1. The van der Waals surface area contributed by atoms with E-state index in [1.54, 1.807) is 6.07 Å². The number of halogens is 4. The highest BCUT2D eigenvalue weighted by Gasteiger charge is 2.45. The molecule has 0 heterocycles. The lowest BCUT2D eigenvalue weighted by atomic mass is 9.98. The van der Waals surface area contributed by atoms with Crippen molar-refractivity contribution in [3.63, 3.8) is 0 Å². The first kappa shape index (κ1) is 30.6. The molecule has 0 aliphatic rings. The normalized spacial score (nSPS) is 12.9. The molecule has 13 heteroatoms. The zero-order chi connectivity index (χ0) is 28.6. The van der Waals surface area contributed by atoms with Crippen molar-refractivity contribution in [3.05, 3.63) is 64.2 Å². The van der Waals surface area contributed by atoms with E-state index in [0.29, 0.717) is 11.3 Å². The summed E-state index contributed by atoms with van der Waals surface area (Å²) in [4.78, 5) is 50.0. The Morgan fingerprint density at radius 3 is 2.16 bits per heavy atom. The number of benzene rings is 2. The van der Waals surface area contributed by atoms with Crippen LogP contribution in [0.15, 0.2) is 42.5 Å². The first-order valence-electron chi connectivity index (χ1n) is 11.4. The van der Waals surface area contributed by atoms with Gasteiger partial charge in [0.2, 0.25) is 11.8 Å². The van der Waals surface area contributed by atoms with Crippen molar-refractivity contribution in [1.82, 2.24) is 16.0 Å². The molecule has 2 aromatic carbocycles. The third-order valence-corrected chi connectivity index (χ3v) is 5.84. The van der Waals surface area contributed by atoms with E-state index in [2.05, 4.69) is 16.0 Å². The van der Waals surface area contributed by atoms with Crippen molar-refractivity contribution in [3.8, 4) is 5.75 Å². The fourth-order valence-corrected chi connectivity index (χ4v) is 3.63. The second-order valence-electron chi connectivity index (χ2n) is 8.56. The molecule has 0 aromatic heterocycles. The molecule has 0 aliphatic carbocycles. The second kappa shape index (κ2) is 13.2. The van der Waals surface area contributed by atoms with Crippen molar-refractivity contribution in [2.75, 3.05) is 13.7 Å². The molecule has 38 heavy (non-hydrogen) atoms. The number of hydrogen-bond acceptors (Lipinski definition) is 6. The van der Waals surface area contributed by atoms with Crippen LogP contribution in [-0.4, -0.2) is 49.4 Å². The smallest absolute Gasteiger partial charge is 0.452 e. The highest BCUT2D eigenvalue weighted by atomic mass is 35.5. The summed E-state index contributed by atoms with van der Waals surface area (Å²) in [6.45, 7) is 2.29. The fourth-order valence-electron chi connectivity index (χ4n) is 3.37. The van der Waals surface area contributed by atoms with Crippen LogP contribution in [-0.2, 0) is 20.9 Å². The molecule has 0 unspecified atom stereocenters. The summed E-state index contributed by atoms with van der Waals surface area (Å²) in [7, 11) is 1.41. The van der Waals surface area contributed by atoms with Crippen molar-refractivity contribution in [1.29, 1.82) is 0 Å². The van der Waals surface area contributed by atoms with Gasteiger partial charge in [-0.25, -0.2) is 0 Å². The fraction of sp³-hybridized carbons (Fsp3) is 0.360. The maximum Gasteiger partial charge on any atom is 0.452 e. The number of nitrogens with two attached hydrogens (primary N) is 1. The molecule has 3 amide bonds. The molecule has 9 nitrogen and oxygen atoms in total. The summed E-state index contributed by atoms with van der Waals surface area (Å²) in [5.74, 6) is -5.08. The quantitative estimate of drug-likeness (QED) is 0.335. The minimum atomic E-state index is -5.17. The van der Waals surface area contributed by atoms with E-state index in [4.69, 9.17) is 22.1 Å². The Bertz CT molecular complexity index is 1170. The van der Waals surface area contributed by atoms with E-state index in [1.165, 1.54) is 57.4 Å². The average Bonchev–Trinajstić information content (AvgIpc) is 2.87. The molecule has 0 bridgehead atoms. The van der Waals surface area contributed by atoms with Gasteiger partial charge in [0, 0.05) is 17.1 Å². The zero-order valence-corrected chi connectivity index (χ0v) is 21.6. The summed E-state index contributed by atoms with van der Waals surface area (Å²) >= 11 is 6.06. The number of amides is 3. The third-order valence-electron chi connectivity index (χ3n) is 5.49. The number of rotatable bonds is 11. The minimum absolute atomic E-state index is 0.162. The number of carbonyl (C=O) groups excluding carboxylic acids is 4. The first-order valence-corrected chi connectivity index (χ1v) is 11.8. The predicted molar refractivity (Wildman–Crippen MR) is 133 cm³/mol. The SMILES string of the molecule is COc1ccc([C@H](NC(=O)CNC(=O)c2ccc(CN)c(Cl)c2)C(=O)N[C@H](C(=O)C(F)(F)F)C(C)C)cc1. The second-order valence-corrected chi connectivity index (χ2v) is 8.97. The number of alkyl halides is 3. The van der Waals surface area contributed by atoms with Crippen LogP contribution in [0.25, 0.3) is 0 Å². The van der Waals surface area contributed by atoms with Crippen LogP contribution in [0, 0.1) is 5.92 Å². The standard InChI is InChI=1S/C25H28ClF3N4O5/c1-13(2)20(22(35)25(27,28)29)33-24(37)21(14-6-8-17(38-3)9-7-14)32-19(34)12-31-23(36)15-4-5-16(11-30)18(26)10-15/h4-10,13,20-21H,11-12,30H2,1-3H3,(H,31,36)(H,32,34)(H,33,37)/t20-,21-/m0/s1. The molecule has 2 rings (SSSR count). The number of ketones is 1. The Morgan fingerprint density at radius 2 is 1.66 bits per heavy atom. The number of Topliss-reactive ketones (excluding diaryl/α,β-unsaturated/α-hetero) is 1. The molecule has 0 aliphatic heterocycles. The van der Waals surface area contributed by atoms with Gasteiger partial charge in [0.1, 0.15) is 11.8 Å². The summed E-state index contributed by atoms with van der Waals surface area (Å²) in [5.41, 5.74) is 6.53. The van der Waals surface area contributed by atoms with E-state index < -0.39 is 54.2 Å². The van der Waals surface area contributed by atoms with Crippen molar-refractivity contribution in [2.24, 2.45) is 11.7 Å². The van der Waals surface area contributed by atoms with Gasteiger partial charge >= 0.3 is 6.18 Å². The lowest BCUT2D eigenvalue weighted by molar-refractivity contribution is -0.175. The molecular formula is C25H28ClF3N4O5. The summed E-state index contributed by atoms with van der Waals surface area (Å²) in [5, 5.41) is 7.13. The van der Waals surface area contributed by atoms with Gasteiger partial charge in [-0.1, -0.05) is 43.6 Å². The van der Waals surface area contributed by atoms with E-state index in [-0.39, 0.29) is 22.7 Å². The van der Waals surface area contributed by atoms with E-state index in [1.807, 2.05) is 0 Å². The van der Waals surface area contributed by atoms with Crippen LogP contribution in [0.4, 0.5) is 13.2 Å². The molecule has 0 radical (unpaired) electrons. The van der Waals surface area contributed by atoms with Gasteiger partial charge in [-0.05, 0) is 41.3 Å². The van der Waals surface area contributed by atoms with Crippen LogP contribution in [0.2, 0.25) is 5.02 Å². The van der Waals surface area contributed by atoms with Crippen molar-refractivity contribution < 1.29 is 37.1 Å². The highest BCUT2D eigenvalue weighted by Crippen LogP contribution is 2.23. The summed E-state index contributed by atoms with van der Waals surface area (Å²) < 4.78 is 44.3. The van der Waals surface area contributed by atoms with Gasteiger partial charge in [-0.3, -0.25) is 19.2 Å². The Morgan fingerprint density at radius 1 is 1.03 bits per heavy atom. The van der Waals surface area contributed by atoms with Gasteiger partial charge in [-0.2, -0.15) is 13.2 Å². The number of hydrogen-bond donors (Lipinski definition) is 4. The lowest BCUT2D eigenvalue weighted by Crippen LogP contribution is -2.53. The highest BCUT2D eigenvalue weighted by molar-refractivity contribution is 6.31. The molecule has 2 atom stereocenters. The van der Waals surface area contributed by atoms with Crippen LogP contribution < -0.4 is 26.4 Å². The van der Waals surface area contributed by atoms with Crippen molar-refractivity contribution in [2.45, 2.75) is 38.7 Å². The maximum absolute atomic E-state index is 13.1. The topological polar surface area (TPSA) is 140 Å². The largest absolute Gasteiger partial charge is 0.497 e. The monoisotopic (exact) mass is 556 g/mol. The molecule has 0 spiro atoms. The van der Waals surface area contributed by atoms with Crippen LogP contribution >= 0.6 is 11.6 Å². The zero-order valence-electron chi connectivity index (χ0n) is 20.8. The van der Waals surface area contributed by atoms with E-state index >= 15 is 0 Å². The molecule has 0 saturated carbocycles. The van der Waals surface area contributed by atoms with Gasteiger partial charge < -0.3 is 26.4 Å². The number of ether oxygens (including phenoxy) is 1. The molecule has 0 saturated heterocycles.